The summed E-state index contributed by atoms with van der Waals surface area (Å²) in [6, 6.07) is 2.86. The van der Waals surface area contributed by atoms with Gasteiger partial charge in [-0.1, -0.05) is 0 Å². The number of aromatic nitrogens is 1. The van der Waals surface area contributed by atoms with Gasteiger partial charge in [0.05, 0.1) is 0 Å². The molecule has 0 aromatic carbocycles. The molecule has 0 spiro atoms. The van der Waals surface area contributed by atoms with Crippen LogP contribution in [0.25, 0.3) is 0 Å². The highest BCUT2D eigenvalue weighted by molar-refractivity contribution is 5.38. The van der Waals surface area contributed by atoms with E-state index in [-0.39, 0.29) is 5.69 Å². The third-order valence-electron chi connectivity index (χ3n) is 1.29. The first-order valence-electron chi connectivity index (χ1n) is 5.47. The largest absolute Gasteiger partial charge is 0.399 e. The lowest BCUT2D eigenvalue weighted by molar-refractivity contribution is 1.02. The molecule has 1 fully saturated rings. The maximum Gasteiger partial charge on any atom is 0.0454 e. The Kier molecular flexibility index (Phi) is 0.499. The number of hydrogen-bond acceptors (Lipinski definition) is 2. The molecule has 0 bridgehead atoms. The van der Waals surface area contributed by atoms with Crippen molar-refractivity contribution in [3.8, 4) is 0 Å². The van der Waals surface area contributed by atoms with Gasteiger partial charge in [0.25, 0.3) is 0 Å². The summed E-state index contributed by atoms with van der Waals surface area (Å²) in [7, 11) is 0. The summed E-state index contributed by atoms with van der Waals surface area (Å²) < 4.78 is 37.6. The van der Waals surface area contributed by atoms with E-state index in [1.54, 1.807) is 0 Å². The molecule has 0 aliphatic heterocycles. The molecule has 1 aliphatic rings. The summed E-state index contributed by atoms with van der Waals surface area (Å²) >= 11 is 0. The molecular formula is C8H10N2. The van der Waals surface area contributed by atoms with E-state index < -0.39 is 18.6 Å². The summed E-state index contributed by atoms with van der Waals surface area (Å²) in [6.07, 6.45) is -3.09. The molecule has 1 heterocycles. The van der Waals surface area contributed by atoms with Crippen molar-refractivity contribution in [3.05, 3.63) is 24.0 Å². The Morgan fingerprint density at radius 1 is 1.80 bits per heavy atom. The number of nitrogens with zero attached hydrogens (tertiary/aromatic N) is 1. The summed E-state index contributed by atoms with van der Waals surface area (Å²) in [5.41, 5.74) is 5.88. The molecule has 2 rings (SSSR count). The zero-order valence-electron chi connectivity index (χ0n) is 10.3. The Bertz CT molecular complexity index is 403. The van der Waals surface area contributed by atoms with E-state index >= 15 is 0 Å². The Labute approximate surface area is 67.1 Å². The Balaban J connectivity index is 2.51. The highest BCUT2D eigenvalue weighted by Crippen LogP contribution is 2.39. The van der Waals surface area contributed by atoms with E-state index in [2.05, 4.69) is 4.98 Å². The molecule has 2 nitrogen and oxygen atoms in total. The molecule has 52 valence electrons. The van der Waals surface area contributed by atoms with Gasteiger partial charge in [-0.3, -0.25) is 4.98 Å². The van der Waals surface area contributed by atoms with Crippen LogP contribution in [0.3, 0.4) is 0 Å². The minimum Gasteiger partial charge on any atom is -0.399 e. The van der Waals surface area contributed by atoms with Gasteiger partial charge in [-0.25, -0.2) is 0 Å². The van der Waals surface area contributed by atoms with Crippen LogP contribution >= 0.6 is 0 Å². The van der Waals surface area contributed by atoms with Crippen molar-refractivity contribution >= 4 is 5.69 Å². The van der Waals surface area contributed by atoms with Crippen molar-refractivity contribution in [2.24, 2.45) is 0 Å². The molecule has 0 amide bonds. The van der Waals surface area contributed by atoms with Crippen molar-refractivity contribution in [2.45, 2.75) is 18.6 Å². The maximum absolute atomic E-state index is 7.82. The van der Waals surface area contributed by atoms with Gasteiger partial charge in [-0.15, -0.1) is 0 Å². The van der Waals surface area contributed by atoms with Gasteiger partial charge in [0.1, 0.15) is 0 Å². The van der Waals surface area contributed by atoms with Crippen LogP contribution in [0.4, 0.5) is 5.69 Å². The normalized spacial score (nSPS) is 37.8. The monoisotopic (exact) mass is 139 g/mol. The molecule has 2 heteroatoms. The van der Waals surface area contributed by atoms with Crippen molar-refractivity contribution in [1.82, 2.24) is 4.98 Å². The van der Waals surface area contributed by atoms with Crippen LogP contribution in [0.15, 0.2) is 18.3 Å². The summed E-state index contributed by atoms with van der Waals surface area (Å²) in [5, 5.41) is 0. The number of hydrogen-bond donors (Lipinski definition) is 1. The van der Waals surface area contributed by atoms with Crippen LogP contribution in [0.5, 0.6) is 0 Å². The van der Waals surface area contributed by atoms with Gasteiger partial charge in [0.15, 0.2) is 0 Å². The molecule has 0 unspecified atom stereocenters. The molecule has 1 aromatic heterocycles. The fourth-order valence-electron chi connectivity index (χ4n) is 0.743. The van der Waals surface area contributed by atoms with Crippen molar-refractivity contribution in [2.75, 3.05) is 5.73 Å². The SMILES string of the molecule is [2H]C1([2H])C([2H])([2H])C1([2H])c1cc(N)ccn1. The summed E-state index contributed by atoms with van der Waals surface area (Å²) in [4.78, 5) is 3.82. The van der Waals surface area contributed by atoms with Crippen molar-refractivity contribution in [1.29, 1.82) is 0 Å². The first-order valence-corrected chi connectivity index (χ1v) is 2.97. The fraction of sp³-hybridized carbons (Fsp3) is 0.375. The Morgan fingerprint density at radius 3 is 3.20 bits per heavy atom. The smallest absolute Gasteiger partial charge is 0.0454 e. The van der Waals surface area contributed by atoms with Gasteiger partial charge in [-0.05, 0) is 24.9 Å². The highest BCUT2D eigenvalue weighted by Gasteiger charge is 2.24. The molecule has 0 atom stereocenters. The first kappa shape index (κ1) is 2.53. The summed E-state index contributed by atoms with van der Waals surface area (Å²) in [6.45, 7) is 0. The van der Waals surface area contributed by atoms with Crippen LogP contribution in [-0.2, 0) is 0 Å². The number of nitrogens with two attached hydrogens (primary N) is 1. The second-order valence-corrected chi connectivity index (χ2v) is 2.10. The molecule has 0 radical (unpaired) electrons. The van der Waals surface area contributed by atoms with Gasteiger partial charge in [0, 0.05) is 30.3 Å². The van der Waals surface area contributed by atoms with Crippen LogP contribution in [0.2, 0.25) is 0 Å². The lowest BCUT2D eigenvalue weighted by Gasteiger charge is -1.96. The Hall–Kier alpha value is -1.05. The van der Waals surface area contributed by atoms with E-state index in [0.717, 1.165) is 0 Å². The number of rotatable bonds is 1. The fourth-order valence-corrected chi connectivity index (χ4v) is 0.743. The average molecular weight is 139 g/mol. The van der Waals surface area contributed by atoms with Gasteiger partial charge >= 0.3 is 0 Å². The van der Waals surface area contributed by atoms with E-state index in [9.17, 15) is 0 Å². The standard InChI is InChI=1S/C8H10N2/c9-7-3-4-10-8(5-7)6-1-2-6/h3-6H,1-2H2,(H2,9,10)/i1D2,2D2,6D. The number of anilines is 1. The molecule has 0 saturated heterocycles. The number of nitrogen functional groups attached to an aromatic ring is 1. The van der Waals surface area contributed by atoms with E-state index in [4.69, 9.17) is 12.6 Å². The maximum atomic E-state index is 7.82. The second kappa shape index (κ2) is 1.97. The van der Waals surface area contributed by atoms with Crippen molar-refractivity contribution < 1.29 is 6.85 Å². The lowest BCUT2D eigenvalue weighted by Crippen LogP contribution is -1.89. The zero-order valence-corrected chi connectivity index (χ0v) is 5.26. The van der Waals surface area contributed by atoms with Gasteiger partial charge in [0.2, 0.25) is 0 Å². The van der Waals surface area contributed by atoms with Gasteiger partial charge in [-0.2, -0.15) is 0 Å². The van der Waals surface area contributed by atoms with Crippen molar-refractivity contribution in [3.63, 3.8) is 0 Å². The first-order chi connectivity index (χ1) is 6.75. The summed E-state index contributed by atoms with van der Waals surface area (Å²) in [5.74, 6) is -1.95. The third kappa shape index (κ3) is 0.967. The highest BCUT2D eigenvalue weighted by atomic mass is 14.7. The lowest BCUT2D eigenvalue weighted by atomic mass is 10.2. The van der Waals surface area contributed by atoms with Crippen LogP contribution in [0.1, 0.15) is 31.2 Å². The quantitative estimate of drug-likeness (QED) is 0.641. The molecule has 1 aliphatic carbocycles. The minimum atomic E-state index is -2.22. The molecular weight excluding hydrogens is 124 g/mol. The van der Waals surface area contributed by atoms with E-state index in [1.165, 1.54) is 18.3 Å². The average Bonchev–Trinajstić information content (AvgIpc) is 2.45. The van der Waals surface area contributed by atoms with Crippen LogP contribution in [0, 0.1) is 0 Å². The minimum absolute atomic E-state index is 0.0394. The molecule has 10 heavy (non-hydrogen) atoms. The zero-order chi connectivity index (χ0) is 11.5. The van der Waals surface area contributed by atoms with Crippen LogP contribution < -0.4 is 5.73 Å². The molecule has 1 saturated carbocycles. The molecule has 2 N–H and O–H groups in total. The van der Waals surface area contributed by atoms with E-state index in [0.29, 0.717) is 5.69 Å². The van der Waals surface area contributed by atoms with E-state index in [1.807, 2.05) is 0 Å². The third-order valence-corrected chi connectivity index (χ3v) is 1.29. The predicted molar refractivity (Wildman–Crippen MR) is 40.6 cm³/mol. The Morgan fingerprint density at radius 2 is 2.60 bits per heavy atom. The predicted octanol–water partition coefficient (Wildman–Crippen LogP) is 1.54. The molecule has 1 aromatic rings. The second-order valence-electron chi connectivity index (χ2n) is 2.10. The van der Waals surface area contributed by atoms with Gasteiger partial charge < -0.3 is 5.73 Å². The van der Waals surface area contributed by atoms with Crippen LogP contribution in [-0.4, -0.2) is 4.98 Å². The number of pyridine rings is 1. The topological polar surface area (TPSA) is 38.9 Å².